The Morgan fingerprint density at radius 1 is 1.20 bits per heavy atom. The quantitative estimate of drug-likeness (QED) is 0.840. The predicted molar refractivity (Wildman–Crippen MR) is 81.7 cm³/mol. The third-order valence-electron chi connectivity index (χ3n) is 4.91. The Kier molecular flexibility index (Phi) is 4.39. The standard InChI is InChI=1S/C17H26N2O/c1-18(2)16-12-20-13-17-15(16)9-6-10-19(17)11-14-7-4-3-5-8-14/h3-5,7-8,15-17H,6,9-13H2,1-2H3/t15-,16+,17-/m1/s1. The SMILES string of the molecule is CN(C)[C@H]1COC[C@@H]2[C@@H]1CCCN2Cc1ccccc1. The highest BCUT2D eigenvalue weighted by Gasteiger charge is 2.40. The van der Waals surface area contributed by atoms with E-state index < -0.39 is 0 Å². The third kappa shape index (κ3) is 2.90. The zero-order chi connectivity index (χ0) is 13.9. The average molecular weight is 274 g/mol. The molecule has 0 aromatic heterocycles. The molecule has 20 heavy (non-hydrogen) atoms. The van der Waals surface area contributed by atoms with E-state index in [0.717, 1.165) is 25.7 Å². The summed E-state index contributed by atoms with van der Waals surface area (Å²) in [5.41, 5.74) is 1.42. The van der Waals surface area contributed by atoms with E-state index in [0.29, 0.717) is 12.1 Å². The van der Waals surface area contributed by atoms with Crippen LogP contribution in [-0.2, 0) is 11.3 Å². The Morgan fingerprint density at radius 3 is 2.75 bits per heavy atom. The molecule has 2 aliphatic rings. The number of hydrogen-bond donors (Lipinski definition) is 0. The number of rotatable bonds is 3. The van der Waals surface area contributed by atoms with E-state index in [4.69, 9.17) is 4.74 Å². The first kappa shape index (κ1) is 14.1. The van der Waals surface area contributed by atoms with Crippen molar-refractivity contribution in [2.45, 2.75) is 31.5 Å². The number of likely N-dealkylation sites (tertiary alicyclic amines) is 1. The zero-order valence-corrected chi connectivity index (χ0v) is 12.7. The molecule has 2 aliphatic heterocycles. The van der Waals surface area contributed by atoms with Gasteiger partial charge < -0.3 is 9.64 Å². The van der Waals surface area contributed by atoms with Crippen molar-refractivity contribution in [3.05, 3.63) is 35.9 Å². The molecule has 0 amide bonds. The molecule has 3 heteroatoms. The van der Waals surface area contributed by atoms with Gasteiger partial charge in [-0.25, -0.2) is 0 Å². The predicted octanol–water partition coefficient (Wildman–Crippen LogP) is 2.23. The van der Waals surface area contributed by atoms with E-state index in [1.807, 2.05) is 0 Å². The van der Waals surface area contributed by atoms with Gasteiger partial charge in [0.05, 0.1) is 13.2 Å². The van der Waals surface area contributed by atoms with E-state index >= 15 is 0 Å². The molecule has 0 radical (unpaired) electrons. The summed E-state index contributed by atoms with van der Waals surface area (Å²) in [5.74, 6) is 0.760. The molecule has 1 aromatic rings. The van der Waals surface area contributed by atoms with Gasteiger partial charge in [-0.05, 0) is 45.0 Å². The van der Waals surface area contributed by atoms with Gasteiger partial charge in [0.15, 0.2) is 0 Å². The number of hydrogen-bond acceptors (Lipinski definition) is 3. The second-order valence-electron chi connectivity index (χ2n) is 6.40. The first-order valence-electron chi connectivity index (χ1n) is 7.78. The fraction of sp³-hybridized carbons (Fsp3) is 0.647. The van der Waals surface area contributed by atoms with Crippen LogP contribution in [0.1, 0.15) is 18.4 Å². The van der Waals surface area contributed by atoms with Crippen LogP contribution in [0.4, 0.5) is 0 Å². The van der Waals surface area contributed by atoms with Gasteiger partial charge in [-0.3, -0.25) is 4.90 Å². The maximum Gasteiger partial charge on any atom is 0.0626 e. The smallest absolute Gasteiger partial charge is 0.0626 e. The molecule has 0 bridgehead atoms. The molecule has 0 aliphatic carbocycles. The molecule has 3 rings (SSSR count). The van der Waals surface area contributed by atoms with E-state index in [1.165, 1.54) is 24.9 Å². The second kappa shape index (κ2) is 6.25. The largest absolute Gasteiger partial charge is 0.378 e. The number of likely N-dealkylation sites (N-methyl/N-ethyl adjacent to an activating group) is 1. The summed E-state index contributed by atoms with van der Waals surface area (Å²) in [6.45, 7) is 4.07. The molecule has 0 spiro atoms. The van der Waals surface area contributed by atoms with E-state index in [9.17, 15) is 0 Å². The highest BCUT2D eigenvalue weighted by atomic mass is 16.5. The van der Waals surface area contributed by atoms with Crippen molar-refractivity contribution >= 4 is 0 Å². The minimum atomic E-state index is 0.576. The van der Waals surface area contributed by atoms with Crippen LogP contribution in [0.5, 0.6) is 0 Å². The number of fused-ring (bicyclic) bond motifs is 1. The Bertz CT molecular complexity index is 420. The van der Waals surface area contributed by atoms with Crippen LogP contribution in [0.3, 0.4) is 0 Å². The summed E-state index contributed by atoms with van der Waals surface area (Å²) >= 11 is 0. The van der Waals surface area contributed by atoms with Gasteiger partial charge in [-0.15, -0.1) is 0 Å². The Morgan fingerprint density at radius 2 is 2.00 bits per heavy atom. The third-order valence-corrected chi connectivity index (χ3v) is 4.91. The van der Waals surface area contributed by atoms with Gasteiger partial charge >= 0.3 is 0 Å². The van der Waals surface area contributed by atoms with Crippen molar-refractivity contribution in [3.8, 4) is 0 Å². The van der Waals surface area contributed by atoms with Crippen molar-refractivity contribution in [2.24, 2.45) is 5.92 Å². The summed E-state index contributed by atoms with van der Waals surface area (Å²) in [6.07, 6.45) is 2.67. The molecule has 2 saturated heterocycles. The summed E-state index contributed by atoms with van der Waals surface area (Å²) in [7, 11) is 4.37. The molecule has 2 fully saturated rings. The van der Waals surface area contributed by atoms with Crippen molar-refractivity contribution in [2.75, 3.05) is 33.9 Å². The minimum Gasteiger partial charge on any atom is -0.378 e. The maximum absolute atomic E-state index is 5.90. The van der Waals surface area contributed by atoms with E-state index in [2.05, 4.69) is 54.2 Å². The van der Waals surface area contributed by atoms with Crippen LogP contribution in [-0.4, -0.2) is 55.7 Å². The molecule has 0 unspecified atom stereocenters. The average Bonchev–Trinajstić information content (AvgIpc) is 2.48. The summed E-state index contributed by atoms with van der Waals surface area (Å²) in [4.78, 5) is 4.99. The molecule has 1 aromatic carbocycles. The lowest BCUT2D eigenvalue weighted by molar-refractivity contribution is -0.0845. The Labute approximate surface area is 122 Å². The van der Waals surface area contributed by atoms with Gasteiger partial charge in [-0.2, -0.15) is 0 Å². The molecular weight excluding hydrogens is 248 g/mol. The fourth-order valence-corrected chi connectivity index (χ4v) is 3.82. The van der Waals surface area contributed by atoms with E-state index in [-0.39, 0.29) is 0 Å². The topological polar surface area (TPSA) is 15.7 Å². The van der Waals surface area contributed by atoms with E-state index in [1.54, 1.807) is 0 Å². The normalized spacial score (nSPS) is 31.2. The number of nitrogens with zero attached hydrogens (tertiary/aromatic N) is 2. The van der Waals surface area contributed by atoms with Crippen LogP contribution < -0.4 is 0 Å². The van der Waals surface area contributed by atoms with Gasteiger partial charge in [0.25, 0.3) is 0 Å². The van der Waals surface area contributed by atoms with Crippen LogP contribution in [0.25, 0.3) is 0 Å². The van der Waals surface area contributed by atoms with Gasteiger partial charge in [0, 0.05) is 18.6 Å². The minimum absolute atomic E-state index is 0.576. The van der Waals surface area contributed by atoms with Crippen molar-refractivity contribution in [3.63, 3.8) is 0 Å². The molecule has 3 atom stereocenters. The van der Waals surface area contributed by atoms with Crippen molar-refractivity contribution in [1.82, 2.24) is 9.80 Å². The Balaban J connectivity index is 1.72. The van der Waals surface area contributed by atoms with Crippen molar-refractivity contribution < 1.29 is 4.74 Å². The van der Waals surface area contributed by atoms with Crippen LogP contribution in [0.15, 0.2) is 30.3 Å². The highest BCUT2D eigenvalue weighted by molar-refractivity contribution is 5.15. The van der Waals surface area contributed by atoms with Gasteiger partial charge in [0.1, 0.15) is 0 Å². The molecule has 2 heterocycles. The second-order valence-corrected chi connectivity index (χ2v) is 6.40. The van der Waals surface area contributed by atoms with Gasteiger partial charge in [0.2, 0.25) is 0 Å². The Hall–Kier alpha value is -0.900. The molecular formula is C17H26N2O. The zero-order valence-electron chi connectivity index (χ0n) is 12.7. The highest BCUT2D eigenvalue weighted by Crippen LogP contribution is 2.32. The molecule has 3 nitrogen and oxygen atoms in total. The lowest BCUT2D eigenvalue weighted by atomic mass is 9.81. The lowest BCUT2D eigenvalue weighted by Gasteiger charge is -2.49. The first-order valence-corrected chi connectivity index (χ1v) is 7.78. The maximum atomic E-state index is 5.90. The fourth-order valence-electron chi connectivity index (χ4n) is 3.82. The summed E-state index contributed by atoms with van der Waals surface area (Å²) in [6, 6.07) is 12.0. The molecule has 0 saturated carbocycles. The monoisotopic (exact) mass is 274 g/mol. The number of benzene rings is 1. The van der Waals surface area contributed by atoms with Crippen LogP contribution >= 0.6 is 0 Å². The number of piperidine rings is 1. The van der Waals surface area contributed by atoms with Crippen LogP contribution in [0, 0.1) is 5.92 Å². The lowest BCUT2D eigenvalue weighted by Crippen LogP contribution is -2.58. The van der Waals surface area contributed by atoms with Gasteiger partial charge in [-0.1, -0.05) is 30.3 Å². The molecule has 0 N–H and O–H groups in total. The van der Waals surface area contributed by atoms with Crippen molar-refractivity contribution in [1.29, 1.82) is 0 Å². The number of ether oxygens (including phenoxy) is 1. The first-order chi connectivity index (χ1) is 9.75. The summed E-state index contributed by atoms with van der Waals surface area (Å²) in [5, 5.41) is 0. The summed E-state index contributed by atoms with van der Waals surface area (Å²) < 4.78 is 5.90. The van der Waals surface area contributed by atoms with Crippen LogP contribution in [0.2, 0.25) is 0 Å². The molecule has 110 valence electrons.